The second-order valence-corrected chi connectivity index (χ2v) is 4.83. The van der Waals surface area contributed by atoms with E-state index in [1.54, 1.807) is 13.2 Å². The number of ether oxygens (including phenoxy) is 2. The molecule has 3 nitrogen and oxygen atoms in total. The van der Waals surface area contributed by atoms with Gasteiger partial charge in [-0.25, -0.2) is 4.39 Å². The minimum absolute atomic E-state index is 0.0198. The molecule has 1 aromatic carbocycles. The lowest BCUT2D eigenvalue weighted by atomic mass is 9.99. The molecule has 1 aromatic rings. The molecule has 1 N–H and O–H groups in total. The number of hydrogen-bond acceptors (Lipinski definition) is 3. The number of nitrogens with one attached hydrogen (secondary N) is 1. The highest BCUT2D eigenvalue weighted by atomic mass is 19.1. The number of benzene rings is 1. The first-order chi connectivity index (χ1) is 9.67. The summed E-state index contributed by atoms with van der Waals surface area (Å²) in [7, 11) is 3.08. The summed E-state index contributed by atoms with van der Waals surface area (Å²) < 4.78 is 24.7. The Bertz CT molecular complexity index is 410. The van der Waals surface area contributed by atoms with E-state index in [9.17, 15) is 4.39 Å². The third kappa shape index (κ3) is 4.37. The zero-order chi connectivity index (χ0) is 15.0. The molecule has 0 fully saturated rings. The van der Waals surface area contributed by atoms with Crippen molar-refractivity contribution < 1.29 is 13.9 Å². The van der Waals surface area contributed by atoms with Crippen molar-refractivity contribution in [3.05, 3.63) is 23.5 Å². The molecule has 0 saturated carbocycles. The lowest BCUT2D eigenvalue weighted by Crippen LogP contribution is -2.22. The van der Waals surface area contributed by atoms with Gasteiger partial charge in [0.1, 0.15) is 5.82 Å². The second-order valence-electron chi connectivity index (χ2n) is 4.83. The van der Waals surface area contributed by atoms with Crippen LogP contribution in [0.5, 0.6) is 11.5 Å². The summed E-state index contributed by atoms with van der Waals surface area (Å²) in [5.74, 6) is 0.755. The van der Waals surface area contributed by atoms with E-state index in [1.807, 2.05) is 6.92 Å². The Morgan fingerprint density at radius 3 is 2.30 bits per heavy atom. The molecule has 0 amide bonds. The minimum atomic E-state index is -0.245. The smallest absolute Gasteiger partial charge is 0.163 e. The van der Waals surface area contributed by atoms with Crippen molar-refractivity contribution in [2.45, 2.75) is 45.6 Å². The fourth-order valence-electron chi connectivity index (χ4n) is 2.35. The summed E-state index contributed by atoms with van der Waals surface area (Å²) >= 11 is 0. The van der Waals surface area contributed by atoms with Crippen LogP contribution in [0, 0.1) is 5.82 Å². The first kappa shape index (κ1) is 16.8. The summed E-state index contributed by atoms with van der Waals surface area (Å²) in [6, 6.07) is 3.16. The average Bonchev–Trinajstić information content (AvgIpc) is 2.46. The van der Waals surface area contributed by atoms with Gasteiger partial charge < -0.3 is 14.8 Å². The quantitative estimate of drug-likeness (QED) is 0.693. The Labute approximate surface area is 121 Å². The SMILES string of the molecule is CCCCCC(NCC)c1cc(OC)c(OC)cc1F. The number of halogens is 1. The molecular formula is C16H26FNO2. The Hall–Kier alpha value is -1.29. The minimum Gasteiger partial charge on any atom is -0.493 e. The molecule has 0 bridgehead atoms. The fraction of sp³-hybridized carbons (Fsp3) is 0.625. The molecule has 0 aliphatic rings. The van der Waals surface area contributed by atoms with Crippen LogP contribution in [0.4, 0.5) is 4.39 Å². The van der Waals surface area contributed by atoms with E-state index in [0.717, 1.165) is 32.2 Å². The zero-order valence-corrected chi connectivity index (χ0v) is 13.0. The van der Waals surface area contributed by atoms with Crippen LogP contribution in [0.25, 0.3) is 0 Å². The van der Waals surface area contributed by atoms with Gasteiger partial charge in [0.05, 0.1) is 14.2 Å². The maximum Gasteiger partial charge on any atom is 0.163 e. The first-order valence-electron chi connectivity index (χ1n) is 7.32. The molecule has 114 valence electrons. The third-order valence-electron chi connectivity index (χ3n) is 3.43. The summed E-state index contributed by atoms with van der Waals surface area (Å²) in [5.41, 5.74) is 0.653. The van der Waals surface area contributed by atoms with E-state index in [2.05, 4.69) is 12.2 Å². The molecule has 0 spiro atoms. The van der Waals surface area contributed by atoms with Crippen LogP contribution in [-0.4, -0.2) is 20.8 Å². The molecule has 0 radical (unpaired) electrons. The topological polar surface area (TPSA) is 30.5 Å². The molecule has 0 heterocycles. The predicted molar refractivity (Wildman–Crippen MR) is 80.1 cm³/mol. The molecule has 20 heavy (non-hydrogen) atoms. The van der Waals surface area contributed by atoms with E-state index < -0.39 is 0 Å². The van der Waals surface area contributed by atoms with Crippen molar-refractivity contribution in [2.75, 3.05) is 20.8 Å². The van der Waals surface area contributed by atoms with Gasteiger partial charge in [-0.1, -0.05) is 33.1 Å². The van der Waals surface area contributed by atoms with Gasteiger partial charge in [-0.2, -0.15) is 0 Å². The Kier molecular flexibility index (Phi) is 7.37. The summed E-state index contributed by atoms with van der Waals surface area (Å²) in [6.45, 7) is 5.01. The van der Waals surface area contributed by atoms with Crippen LogP contribution in [0.15, 0.2) is 12.1 Å². The van der Waals surface area contributed by atoms with Gasteiger partial charge in [0, 0.05) is 17.7 Å². The molecule has 0 saturated heterocycles. The molecule has 0 aromatic heterocycles. The van der Waals surface area contributed by atoms with Gasteiger partial charge in [0.25, 0.3) is 0 Å². The lowest BCUT2D eigenvalue weighted by Gasteiger charge is -2.20. The molecular weight excluding hydrogens is 257 g/mol. The molecule has 0 aliphatic heterocycles. The van der Waals surface area contributed by atoms with Crippen LogP contribution < -0.4 is 14.8 Å². The van der Waals surface area contributed by atoms with Crippen LogP contribution in [0.1, 0.15) is 51.1 Å². The predicted octanol–water partition coefficient (Wildman–Crippen LogP) is 4.07. The number of rotatable bonds is 9. The summed E-state index contributed by atoms with van der Waals surface area (Å²) in [6.07, 6.45) is 4.33. The van der Waals surface area contributed by atoms with Crippen LogP contribution in [0.3, 0.4) is 0 Å². The van der Waals surface area contributed by atoms with Crippen molar-refractivity contribution >= 4 is 0 Å². The van der Waals surface area contributed by atoms with Crippen LogP contribution in [-0.2, 0) is 0 Å². The maximum absolute atomic E-state index is 14.3. The lowest BCUT2D eigenvalue weighted by molar-refractivity contribution is 0.349. The Morgan fingerprint density at radius 2 is 1.75 bits per heavy atom. The van der Waals surface area contributed by atoms with Gasteiger partial charge in [-0.3, -0.25) is 0 Å². The van der Waals surface area contributed by atoms with E-state index in [-0.39, 0.29) is 11.9 Å². The van der Waals surface area contributed by atoms with Crippen molar-refractivity contribution in [3.8, 4) is 11.5 Å². The average molecular weight is 283 g/mol. The standard InChI is InChI=1S/C16H26FNO2/c1-5-7-8-9-14(18-6-2)12-10-15(19-3)16(20-4)11-13(12)17/h10-11,14,18H,5-9H2,1-4H3. The number of methoxy groups -OCH3 is 2. The van der Waals surface area contributed by atoms with E-state index in [0.29, 0.717) is 17.1 Å². The van der Waals surface area contributed by atoms with Gasteiger partial charge >= 0.3 is 0 Å². The van der Waals surface area contributed by atoms with Crippen molar-refractivity contribution in [1.29, 1.82) is 0 Å². The molecule has 1 rings (SSSR count). The second kappa shape index (κ2) is 8.80. The van der Waals surface area contributed by atoms with Gasteiger partial charge in [0.2, 0.25) is 0 Å². The van der Waals surface area contributed by atoms with Crippen LogP contribution in [0.2, 0.25) is 0 Å². The van der Waals surface area contributed by atoms with Gasteiger partial charge in [0.15, 0.2) is 11.5 Å². The maximum atomic E-state index is 14.3. The summed E-state index contributed by atoms with van der Waals surface area (Å²) in [5, 5.41) is 3.35. The van der Waals surface area contributed by atoms with Crippen LogP contribution >= 0.6 is 0 Å². The van der Waals surface area contributed by atoms with Crippen molar-refractivity contribution in [1.82, 2.24) is 5.32 Å². The van der Waals surface area contributed by atoms with Gasteiger partial charge in [-0.15, -0.1) is 0 Å². The molecule has 1 atom stereocenters. The van der Waals surface area contributed by atoms with E-state index >= 15 is 0 Å². The zero-order valence-electron chi connectivity index (χ0n) is 13.0. The summed E-state index contributed by atoms with van der Waals surface area (Å²) in [4.78, 5) is 0. The highest BCUT2D eigenvalue weighted by Crippen LogP contribution is 2.33. The molecule has 0 aliphatic carbocycles. The molecule has 1 unspecified atom stereocenters. The Balaban J connectivity index is 2.99. The highest BCUT2D eigenvalue weighted by Gasteiger charge is 2.18. The molecule has 4 heteroatoms. The van der Waals surface area contributed by atoms with E-state index in [1.165, 1.54) is 13.2 Å². The largest absolute Gasteiger partial charge is 0.493 e. The normalized spacial score (nSPS) is 12.2. The third-order valence-corrected chi connectivity index (χ3v) is 3.43. The first-order valence-corrected chi connectivity index (χ1v) is 7.32. The van der Waals surface area contributed by atoms with Gasteiger partial charge in [-0.05, 0) is 19.0 Å². The number of unbranched alkanes of at least 4 members (excludes halogenated alkanes) is 2. The van der Waals surface area contributed by atoms with Crippen molar-refractivity contribution in [2.24, 2.45) is 0 Å². The van der Waals surface area contributed by atoms with E-state index in [4.69, 9.17) is 9.47 Å². The number of hydrogen-bond donors (Lipinski definition) is 1. The Morgan fingerprint density at radius 1 is 1.10 bits per heavy atom. The fourth-order valence-corrected chi connectivity index (χ4v) is 2.35. The highest BCUT2D eigenvalue weighted by molar-refractivity contribution is 5.44. The van der Waals surface area contributed by atoms with Crippen molar-refractivity contribution in [3.63, 3.8) is 0 Å². The monoisotopic (exact) mass is 283 g/mol.